The van der Waals surface area contributed by atoms with Crippen LogP contribution in [-0.2, 0) is 4.79 Å². The maximum Gasteiger partial charge on any atom is 0.266 e. The van der Waals surface area contributed by atoms with Gasteiger partial charge in [0.2, 0.25) is 0 Å². The van der Waals surface area contributed by atoms with Gasteiger partial charge in [0.15, 0.2) is 17.6 Å². The third kappa shape index (κ3) is 5.68. The summed E-state index contributed by atoms with van der Waals surface area (Å²) in [6, 6.07) is 8.91. The van der Waals surface area contributed by atoms with Crippen LogP contribution < -0.4 is 14.4 Å². The smallest absolute Gasteiger partial charge is 0.266 e. The number of amides is 1. The summed E-state index contributed by atoms with van der Waals surface area (Å²) >= 11 is 1.08. The van der Waals surface area contributed by atoms with Crippen molar-refractivity contribution >= 4 is 32.6 Å². The second-order valence-electron chi connectivity index (χ2n) is 6.77. The molecule has 3 aromatic rings. The van der Waals surface area contributed by atoms with Gasteiger partial charge in [-0.05, 0) is 43.4 Å². The van der Waals surface area contributed by atoms with Crippen LogP contribution >= 0.6 is 11.3 Å². The number of aromatic nitrogens is 1. The summed E-state index contributed by atoms with van der Waals surface area (Å²) in [5, 5.41) is 0.315. The fourth-order valence-corrected chi connectivity index (χ4v) is 4.11. The first-order valence-electron chi connectivity index (χ1n) is 10.00. The Balaban J connectivity index is 1.81. The fraction of sp³-hybridized carbons (Fsp3) is 0.364. The third-order valence-corrected chi connectivity index (χ3v) is 5.92. The number of rotatable bonds is 10. The molecule has 31 heavy (non-hydrogen) atoms. The molecule has 0 spiro atoms. The van der Waals surface area contributed by atoms with Gasteiger partial charge in [-0.1, -0.05) is 25.2 Å². The Hall–Kier alpha value is -2.78. The van der Waals surface area contributed by atoms with E-state index in [1.807, 2.05) is 13.8 Å². The van der Waals surface area contributed by atoms with Crippen LogP contribution in [0.3, 0.4) is 0 Å². The molecule has 1 amide bonds. The summed E-state index contributed by atoms with van der Waals surface area (Å²) in [6.45, 7) is 6.51. The molecule has 1 heterocycles. The molecule has 1 aromatic heterocycles. The number of likely N-dealkylation sites (N-methyl/N-ethyl adjacent to an activating group) is 1. The highest BCUT2D eigenvalue weighted by Gasteiger charge is 2.22. The summed E-state index contributed by atoms with van der Waals surface area (Å²) in [5.41, 5.74) is 0.0538. The normalized spacial score (nSPS) is 11.2. The maximum atomic E-state index is 14.1. The van der Waals surface area contributed by atoms with E-state index in [0.717, 1.165) is 30.5 Å². The molecule has 0 N–H and O–H groups in total. The molecule has 0 aliphatic carbocycles. The number of fused-ring (bicyclic) bond motifs is 1. The van der Waals surface area contributed by atoms with E-state index >= 15 is 0 Å². The molecule has 0 fully saturated rings. The first kappa shape index (κ1) is 22.9. The first-order valence-corrected chi connectivity index (χ1v) is 10.8. The van der Waals surface area contributed by atoms with E-state index < -0.39 is 11.6 Å². The number of benzene rings is 2. The predicted octanol–water partition coefficient (Wildman–Crippen LogP) is 4.34. The fourth-order valence-electron chi connectivity index (χ4n) is 3.06. The van der Waals surface area contributed by atoms with Gasteiger partial charge < -0.3 is 14.4 Å². The number of hydrogen-bond acceptors (Lipinski definition) is 6. The number of carbonyl (C=O) groups excluding carboxylic acids is 1. The molecule has 2 aromatic carbocycles. The minimum Gasteiger partial charge on any atom is -0.497 e. The molecule has 0 unspecified atom stereocenters. The van der Waals surface area contributed by atoms with Crippen LogP contribution in [-0.4, -0.2) is 55.7 Å². The monoisotopic (exact) mass is 449 g/mol. The minimum atomic E-state index is -0.747. The van der Waals surface area contributed by atoms with Crippen molar-refractivity contribution in [3.05, 3.63) is 48.0 Å². The first-order chi connectivity index (χ1) is 14.9. The second-order valence-corrected chi connectivity index (χ2v) is 7.78. The molecular formula is C22H25F2N3O3S. The number of methoxy groups -OCH3 is 1. The molecule has 0 saturated heterocycles. The van der Waals surface area contributed by atoms with Crippen molar-refractivity contribution < 1.29 is 23.0 Å². The van der Waals surface area contributed by atoms with E-state index in [-0.39, 0.29) is 18.0 Å². The van der Waals surface area contributed by atoms with Crippen LogP contribution in [0.2, 0.25) is 0 Å². The summed E-state index contributed by atoms with van der Waals surface area (Å²) in [4.78, 5) is 20.9. The zero-order valence-electron chi connectivity index (χ0n) is 17.7. The molecular weight excluding hydrogens is 424 g/mol. The zero-order chi connectivity index (χ0) is 22.4. The van der Waals surface area contributed by atoms with Crippen molar-refractivity contribution in [3.8, 4) is 11.5 Å². The highest BCUT2D eigenvalue weighted by molar-refractivity contribution is 7.22. The van der Waals surface area contributed by atoms with Crippen LogP contribution in [0.5, 0.6) is 11.5 Å². The predicted molar refractivity (Wildman–Crippen MR) is 118 cm³/mol. The van der Waals surface area contributed by atoms with Gasteiger partial charge in [-0.15, -0.1) is 0 Å². The second kappa shape index (κ2) is 10.5. The van der Waals surface area contributed by atoms with Crippen molar-refractivity contribution in [1.82, 2.24) is 9.88 Å². The Bertz CT molecular complexity index is 1020. The molecule has 166 valence electrons. The summed E-state index contributed by atoms with van der Waals surface area (Å²) in [5.74, 6) is -0.534. The topological polar surface area (TPSA) is 54.9 Å². The van der Waals surface area contributed by atoms with Crippen molar-refractivity contribution in [2.75, 3.05) is 44.8 Å². The quantitative estimate of drug-likeness (QED) is 0.461. The summed E-state index contributed by atoms with van der Waals surface area (Å²) < 4.78 is 38.8. The van der Waals surface area contributed by atoms with Crippen molar-refractivity contribution in [3.63, 3.8) is 0 Å². The van der Waals surface area contributed by atoms with Gasteiger partial charge >= 0.3 is 0 Å². The van der Waals surface area contributed by atoms with E-state index in [4.69, 9.17) is 9.47 Å². The van der Waals surface area contributed by atoms with Gasteiger partial charge in [0.05, 0.1) is 11.8 Å². The number of thiazole rings is 1. The molecule has 0 aliphatic heterocycles. The number of hydrogen-bond donors (Lipinski definition) is 0. The molecule has 0 bridgehead atoms. The van der Waals surface area contributed by atoms with Crippen LogP contribution in [0, 0.1) is 11.6 Å². The number of ether oxygens (including phenoxy) is 2. The Morgan fingerprint density at radius 1 is 1.06 bits per heavy atom. The van der Waals surface area contributed by atoms with E-state index in [2.05, 4.69) is 9.88 Å². The lowest BCUT2D eigenvalue weighted by molar-refractivity contribution is -0.120. The van der Waals surface area contributed by atoms with Crippen molar-refractivity contribution in [2.45, 2.75) is 13.8 Å². The van der Waals surface area contributed by atoms with Crippen LogP contribution in [0.25, 0.3) is 10.2 Å². The zero-order valence-corrected chi connectivity index (χ0v) is 18.5. The lowest BCUT2D eigenvalue weighted by Crippen LogP contribution is -2.41. The number of halogens is 2. The minimum absolute atomic E-state index is 0.0538. The van der Waals surface area contributed by atoms with Crippen LogP contribution in [0.4, 0.5) is 13.9 Å². The highest BCUT2D eigenvalue weighted by Crippen LogP contribution is 2.31. The Labute approximate surface area is 184 Å². The molecule has 0 saturated carbocycles. The van der Waals surface area contributed by atoms with Gasteiger partial charge in [0.25, 0.3) is 5.91 Å². The largest absolute Gasteiger partial charge is 0.497 e. The van der Waals surface area contributed by atoms with Crippen LogP contribution in [0.1, 0.15) is 13.8 Å². The van der Waals surface area contributed by atoms with Gasteiger partial charge in [-0.3, -0.25) is 9.69 Å². The molecule has 0 atom stereocenters. The summed E-state index contributed by atoms with van der Waals surface area (Å²) in [6.07, 6.45) is 0. The lowest BCUT2D eigenvalue weighted by Gasteiger charge is -2.24. The van der Waals surface area contributed by atoms with Crippen molar-refractivity contribution in [1.29, 1.82) is 0 Å². The number of anilines is 1. The van der Waals surface area contributed by atoms with Crippen LogP contribution in [0.15, 0.2) is 36.4 Å². The molecule has 3 rings (SSSR count). The van der Waals surface area contributed by atoms with Gasteiger partial charge in [-0.25, -0.2) is 13.8 Å². The SMILES string of the molecule is CCN(CC)CCN(C(=O)COc1ccc(OC)cc1)c1nc2c(F)cc(F)cc2s1. The Morgan fingerprint density at radius 2 is 1.74 bits per heavy atom. The molecule has 0 aliphatic rings. The van der Waals surface area contributed by atoms with E-state index in [9.17, 15) is 13.6 Å². The third-order valence-electron chi connectivity index (χ3n) is 4.89. The Kier molecular flexibility index (Phi) is 7.75. The average molecular weight is 450 g/mol. The molecule has 9 heteroatoms. The standard InChI is InChI=1S/C22H25F2N3O3S/c1-4-26(5-2)10-11-27(20(28)14-30-17-8-6-16(29-3)7-9-17)22-25-21-18(24)12-15(23)13-19(21)31-22/h6-9,12-13H,4-5,10-11,14H2,1-3H3. The van der Waals surface area contributed by atoms with Gasteiger partial charge in [0.1, 0.15) is 22.8 Å². The molecule has 6 nitrogen and oxygen atoms in total. The maximum absolute atomic E-state index is 14.1. The number of carbonyl (C=O) groups is 1. The van der Waals surface area contributed by atoms with Gasteiger partial charge in [0, 0.05) is 19.2 Å². The lowest BCUT2D eigenvalue weighted by atomic mass is 10.3. The van der Waals surface area contributed by atoms with E-state index in [0.29, 0.717) is 34.4 Å². The summed E-state index contributed by atoms with van der Waals surface area (Å²) in [7, 11) is 1.57. The van der Waals surface area contributed by atoms with E-state index in [1.54, 1.807) is 31.4 Å². The number of nitrogens with zero attached hydrogens (tertiary/aromatic N) is 3. The van der Waals surface area contributed by atoms with E-state index in [1.165, 1.54) is 11.0 Å². The average Bonchev–Trinajstić information content (AvgIpc) is 3.19. The van der Waals surface area contributed by atoms with Gasteiger partial charge in [-0.2, -0.15) is 0 Å². The Morgan fingerprint density at radius 3 is 2.39 bits per heavy atom. The molecule has 0 radical (unpaired) electrons. The van der Waals surface area contributed by atoms with Crippen molar-refractivity contribution in [2.24, 2.45) is 0 Å². The highest BCUT2D eigenvalue weighted by atomic mass is 32.1.